The fourth-order valence-electron chi connectivity index (χ4n) is 0.828. The highest BCUT2D eigenvalue weighted by Gasteiger charge is 2.03. The van der Waals surface area contributed by atoms with Crippen LogP contribution in [0.2, 0.25) is 0 Å². The van der Waals surface area contributed by atoms with Crippen molar-refractivity contribution in [3.05, 3.63) is 31.0 Å². The van der Waals surface area contributed by atoms with Gasteiger partial charge in [-0.2, -0.15) is 0 Å². The second-order valence-electron chi connectivity index (χ2n) is 2.27. The molecule has 1 aromatic heterocycles. The molecular weight excluding hydrogens is 184 g/mol. The Morgan fingerprint density at radius 1 is 1.69 bits per heavy atom. The van der Waals surface area contributed by atoms with Gasteiger partial charge >= 0.3 is 0 Å². The molecular formula is C8H10N4S. The van der Waals surface area contributed by atoms with Gasteiger partial charge in [-0.3, -0.25) is 14.9 Å². The minimum Gasteiger partial charge on any atom is -0.291 e. The molecule has 0 bridgehead atoms. The van der Waals surface area contributed by atoms with E-state index in [1.54, 1.807) is 29.5 Å². The largest absolute Gasteiger partial charge is 0.291 e. The summed E-state index contributed by atoms with van der Waals surface area (Å²) in [6, 6.07) is 0. The zero-order valence-corrected chi connectivity index (χ0v) is 8.03. The molecule has 0 amide bonds. The molecule has 68 valence electrons. The first-order valence-corrected chi connectivity index (χ1v) is 4.14. The average molecular weight is 194 g/mol. The summed E-state index contributed by atoms with van der Waals surface area (Å²) in [6.07, 6.45) is 9.67. The Labute approximate surface area is 82.0 Å². The van der Waals surface area contributed by atoms with Gasteiger partial charge in [0.2, 0.25) is 0 Å². The molecule has 1 rings (SSSR count). The van der Waals surface area contributed by atoms with E-state index < -0.39 is 0 Å². The van der Waals surface area contributed by atoms with Gasteiger partial charge in [0.15, 0.2) is 5.11 Å². The van der Waals surface area contributed by atoms with Crippen LogP contribution in [-0.2, 0) is 0 Å². The predicted molar refractivity (Wildman–Crippen MR) is 55.7 cm³/mol. The molecule has 0 fully saturated rings. The fourth-order valence-corrected chi connectivity index (χ4v) is 1.05. The van der Waals surface area contributed by atoms with Gasteiger partial charge in [0.05, 0.1) is 6.34 Å². The topological polar surface area (TPSA) is 44.9 Å². The van der Waals surface area contributed by atoms with Gasteiger partial charge in [0.1, 0.15) is 6.33 Å². The van der Waals surface area contributed by atoms with Crippen molar-refractivity contribution in [3.63, 3.8) is 0 Å². The third-order valence-electron chi connectivity index (χ3n) is 1.39. The third kappa shape index (κ3) is 2.22. The van der Waals surface area contributed by atoms with E-state index in [4.69, 9.17) is 17.6 Å². The van der Waals surface area contributed by atoms with Gasteiger partial charge in [-0.05, 0) is 19.1 Å². The number of rotatable bonds is 2. The van der Waals surface area contributed by atoms with Crippen molar-refractivity contribution in [2.75, 3.05) is 0 Å². The molecule has 1 aromatic rings. The highest BCUT2D eigenvalue weighted by Crippen LogP contribution is 1.95. The molecule has 0 atom stereocenters. The Kier molecular flexibility index (Phi) is 3.33. The van der Waals surface area contributed by atoms with Gasteiger partial charge in [0, 0.05) is 18.6 Å². The van der Waals surface area contributed by atoms with Crippen LogP contribution >= 0.6 is 12.2 Å². The molecule has 0 radical (unpaired) electrons. The van der Waals surface area contributed by atoms with Crippen molar-refractivity contribution in [1.82, 2.24) is 14.5 Å². The van der Waals surface area contributed by atoms with Gasteiger partial charge < -0.3 is 0 Å². The van der Waals surface area contributed by atoms with Gasteiger partial charge in [0.25, 0.3) is 0 Å². The van der Waals surface area contributed by atoms with E-state index in [0.717, 1.165) is 6.34 Å². The van der Waals surface area contributed by atoms with Crippen LogP contribution in [-0.4, -0.2) is 25.9 Å². The first-order valence-electron chi connectivity index (χ1n) is 3.73. The maximum Gasteiger partial charge on any atom is 0.190 e. The van der Waals surface area contributed by atoms with Crippen molar-refractivity contribution in [1.29, 1.82) is 5.41 Å². The number of allylic oxidation sites excluding steroid dienone is 1. The van der Waals surface area contributed by atoms with Crippen LogP contribution in [0.15, 0.2) is 31.0 Å². The minimum atomic E-state index is 0.505. The summed E-state index contributed by atoms with van der Waals surface area (Å²) in [5.41, 5.74) is 0. The van der Waals surface area contributed by atoms with Gasteiger partial charge in [-0.15, -0.1) is 0 Å². The lowest BCUT2D eigenvalue weighted by molar-refractivity contribution is 0.813. The summed E-state index contributed by atoms with van der Waals surface area (Å²) in [5, 5.41) is 7.63. The molecule has 4 nitrogen and oxygen atoms in total. The quantitative estimate of drug-likeness (QED) is 0.440. The van der Waals surface area contributed by atoms with Crippen LogP contribution in [0.25, 0.3) is 0 Å². The third-order valence-corrected chi connectivity index (χ3v) is 1.82. The first-order chi connectivity index (χ1) is 6.29. The van der Waals surface area contributed by atoms with Crippen molar-refractivity contribution in [2.45, 2.75) is 6.92 Å². The summed E-state index contributed by atoms with van der Waals surface area (Å²) in [5.74, 6) is 0. The minimum absolute atomic E-state index is 0.505. The number of nitrogens with zero attached hydrogens (tertiary/aromatic N) is 3. The lowest BCUT2D eigenvalue weighted by Crippen LogP contribution is -2.27. The summed E-state index contributed by atoms with van der Waals surface area (Å²) < 4.78 is 1.67. The van der Waals surface area contributed by atoms with Crippen LogP contribution in [0.3, 0.4) is 0 Å². The summed E-state index contributed by atoms with van der Waals surface area (Å²) >= 11 is 5.11. The lowest BCUT2D eigenvalue weighted by Gasteiger charge is -2.14. The van der Waals surface area contributed by atoms with Gasteiger partial charge in [-0.1, -0.05) is 6.08 Å². The molecule has 13 heavy (non-hydrogen) atoms. The Bertz CT molecular complexity index is 315. The number of aromatic nitrogens is 2. The molecule has 0 spiro atoms. The fraction of sp³-hybridized carbons (Fsp3) is 0.125. The lowest BCUT2D eigenvalue weighted by atomic mass is 10.6. The second-order valence-corrected chi connectivity index (χ2v) is 2.64. The molecule has 0 aromatic carbocycles. The number of imidazole rings is 1. The standard InChI is InChI=1S/C8H10N4S/c1-2-4-11(6-9)8(13)12-5-3-10-7-12/h2-7,9H,1H3/b4-2-,9-6?. The zero-order chi connectivity index (χ0) is 9.68. The number of hydrogen-bond acceptors (Lipinski definition) is 3. The van der Waals surface area contributed by atoms with Crippen LogP contribution in [0.4, 0.5) is 0 Å². The van der Waals surface area contributed by atoms with Crippen molar-refractivity contribution in [2.24, 2.45) is 0 Å². The SMILES string of the molecule is C/C=C\N(C=N)C(=S)n1ccnc1. The average Bonchev–Trinajstić information content (AvgIpc) is 2.65. The monoisotopic (exact) mass is 194 g/mol. The summed E-state index contributed by atoms with van der Waals surface area (Å²) in [6.45, 7) is 1.87. The van der Waals surface area contributed by atoms with Crippen LogP contribution in [0, 0.1) is 5.41 Å². The summed E-state index contributed by atoms with van der Waals surface area (Å²) in [7, 11) is 0. The Morgan fingerprint density at radius 3 is 2.92 bits per heavy atom. The predicted octanol–water partition coefficient (Wildman–Crippen LogP) is 1.46. The molecule has 1 N–H and O–H groups in total. The molecule has 0 unspecified atom stereocenters. The molecule has 1 heterocycles. The van der Waals surface area contributed by atoms with Gasteiger partial charge in [-0.25, -0.2) is 4.98 Å². The Hall–Kier alpha value is -1.49. The van der Waals surface area contributed by atoms with Crippen molar-refractivity contribution < 1.29 is 0 Å². The highest BCUT2D eigenvalue weighted by atomic mass is 32.1. The molecule has 0 aliphatic rings. The Morgan fingerprint density at radius 2 is 2.46 bits per heavy atom. The zero-order valence-electron chi connectivity index (χ0n) is 7.21. The van der Waals surface area contributed by atoms with E-state index >= 15 is 0 Å². The molecule has 5 heteroatoms. The first kappa shape index (κ1) is 9.60. The van der Waals surface area contributed by atoms with Crippen LogP contribution in [0.5, 0.6) is 0 Å². The molecule has 0 saturated carbocycles. The van der Waals surface area contributed by atoms with E-state index in [1.165, 1.54) is 4.90 Å². The summed E-state index contributed by atoms with van der Waals surface area (Å²) in [4.78, 5) is 5.39. The van der Waals surface area contributed by atoms with E-state index in [1.807, 2.05) is 13.0 Å². The van der Waals surface area contributed by atoms with Crippen LogP contribution in [0.1, 0.15) is 6.92 Å². The number of hydrogen-bond donors (Lipinski definition) is 1. The number of nitrogens with one attached hydrogen (secondary N) is 1. The van der Waals surface area contributed by atoms with Crippen LogP contribution < -0.4 is 0 Å². The van der Waals surface area contributed by atoms with Crippen molar-refractivity contribution in [3.8, 4) is 0 Å². The van der Waals surface area contributed by atoms with E-state index in [0.29, 0.717) is 5.11 Å². The van der Waals surface area contributed by atoms with E-state index in [2.05, 4.69) is 4.98 Å². The number of thiocarbonyl (C=S) groups is 1. The Balaban J connectivity index is 2.82. The molecule has 0 aliphatic heterocycles. The normalized spacial score (nSPS) is 10.2. The van der Waals surface area contributed by atoms with Crippen molar-refractivity contribution >= 4 is 23.7 Å². The second kappa shape index (κ2) is 4.51. The maximum atomic E-state index is 7.12. The van der Waals surface area contributed by atoms with E-state index in [-0.39, 0.29) is 0 Å². The molecule has 0 aliphatic carbocycles. The highest BCUT2D eigenvalue weighted by molar-refractivity contribution is 7.80. The maximum absolute atomic E-state index is 7.12. The smallest absolute Gasteiger partial charge is 0.190 e. The van der Waals surface area contributed by atoms with E-state index in [9.17, 15) is 0 Å². The molecule has 0 saturated heterocycles.